The second-order valence-electron chi connectivity index (χ2n) is 5.65. The van der Waals surface area contributed by atoms with E-state index in [1.165, 1.54) is 13.2 Å². The molecule has 0 fully saturated rings. The Kier molecular flexibility index (Phi) is 5.79. The lowest BCUT2D eigenvalue weighted by atomic mass is 10.1. The van der Waals surface area contributed by atoms with E-state index < -0.39 is 5.97 Å². The number of rotatable bonds is 6. The molecular formula is C21H18N2O4. The first-order chi connectivity index (χ1) is 13.2. The summed E-state index contributed by atoms with van der Waals surface area (Å²) >= 11 is 0. The van der Waals surface area contributed by atoms with Gasteiger partial charge in [-0.3, -0.25) is 4.79 Å². The van der Waals surface area contributed by atoms with Gasteiger partial charge in [-0.2, -0.15) is 0 Å². The largest absolute Gasteiger partial charge is 0.465 e. The van der Waals surface area contributed by atoms with E-state index in [4.69, 9.17) is 4.42 Å². The van der Waals surface area contributed by atoms with Gasteiger partial charge in [0.25, 0.3) is 0 Å². The quantitative estimate of drug-likeness (QED) is 0.536. The van der Waals surface area contributed by atoms with Gasteiger partial charge >= 0.3 is 5.97 Å². The van der Waals surface area contributed by atoms with Gasteiger partial charge in [-0.1, -0.05) is 42.5 Å². The fourth-order valence-electron chi connectivity index (χ4n) is 2.37. The predicted molar refractivity (Wildman–Crippen MR) is 101 cm³/mol. The summed E-state index contributed by atoms with van der Waals surface area (Å²) in [5, 5.41) is 2.72. The summed E-state index contributed by atoms with van der Waals surface area (Å²) in [6, 6.07) is 16.4. The molecular weight excluding hydrogens is 344 g/mol. The van der Waals surface area contributed by atoms with Crippen LogP contribution in [-0.2, 0) is 16.1 Å². The Labute approximate surface area is 156 Å². The van der Waals surface area contributed by atoms with E-state index in [0.29, 0.717) is 17.2 Å². The van der Waals surface area contributed by atoms with Crippen LogP contribution in [0.15, 0.2) is 71.3 Å². The van der Waals surface area contributed by atoms with E-state index in [2.05, 4.69) is 15.0 Å². The molecule has 1 N–H and O–H groups in total. The molecule has 0 bridgehead atoms. The molecule has 3 rings (SSSR count). The standard InChI is InChI=1S/C21H18N2O4/c1-26-21(25)17-10-7-15(8-11-17)9-12-19(24)22-14-20-23-13-18(27-20)16-5-3-2-4-6-16/h2-13H,14H2,1H3,(H,22,24). The zero-order valence-corrected chi connectivity index (χ0v) is 14.7. The number of oxazole rings is 1. The third-order valence-electron chi connectivity index (χ3n) is 3.78. The first kappa shape index (κ1) is 18.1. The van der Waals surface area contributed by atoms with Crippen molar-refractivity contribution in [3.05, 3.63) is 83.9 Å². The van der Waals surface area contributed by atoms with E-state index in [1.807, 2.05) is 30.3 Å². The maximum absolute atomic E-state index is 11.9. The number of nitrogens with one attached hydrogen (secondary N) is 1. The van der Waals surface area contributed by atoms with Crippen molar-refractivity contribution in [1.29, 1.82) is 0 Å². The van der Waals surface area contributed by atoms with Gasteiger partial charge in [-0.25, -0.2) is 9.78 Å². The zero-order chi connectivity index (χ0) is 19.1. The summed E-state index contributed by atoms with van der Waals surface area (Å²) in [4.78, 5) is 27.5. The van der Waals surface area contributed by atoms with Crippen LogP contribution in [0.1, 0.15) is 21.8 Å². The van der Waals surface area contributed by atoms with Crippen molar-refractivity contribution in [1.82, 2.24) is 10.3 Å². The Bertz CT molecular complexity index is 944. The minimum Gasteiger partial charge on any atom is -0.465 e. The number of amides is 1. The maximum atomic E-state index is 11.9. The van der Waals surface area contributed by atoms with Gasteiger partial charge in [0.05, 0.1) is 25.4 Å². The van der Waals surface area contributed by atoms with Crippen molar-refractivity contribution < 1.29 is 18.7 Å². The van der Waals surface area contributed by atoms with E-state index >= 15 is 0 Å². The molecule has 6 heteroatoms. The van der Waals surface area contributed by atoms with Gasteiger partial charge in [0, 0.05) is 11.6 Å². The second-order valence-corrected chi connectivity index (χ2v) is 5.65. The summed E-state index contributed by atoms with van der Waals surface area (Å²) in [6.45, 7) is 0.192. The van der Waals surface area contributed by atoms with E-state index in [-0.39, 0.29) is 12.5 Å². The lowest BCUT2D eigenvalue weighted by Gasteiger charge is -2.00. The van der Waals surface area contributed by atoms with Gasteiger partial charge in [-0.15, -0.1) is 0 Å². The van der Waals surface area contributed by atoms with Crippen LogP contribution in [0.5, 0.6) is 0 Å². The van der Waals surface area contributed by atoms with Gasteiger partial charge in [0.2, 0.25) is 11.8 Å². The third kappa shape index (κ3) is 4.92. The van der Waals surface area contributed by atoms with Crippen LogP contribution in [0.3, 0.4) is 0 Å². The van der Waals surface area contributed by atoms with Crippen LogP contribution in [0.2, 0.25) is 0 Å². The number of carbonyl (C=O) groups is 2. The lowest BCUT2D eigenvalue weighted by molar-refractivity contribution is -0.116. The lowest BCUT2D eigenvalue weighted by Crippen LogP contribution is -2.20. The maximum Gasteiger partial charge on any atom is 0.337 e. The predicted octanol–water partition coefficient (Wildman–Crippen LogP) is 3.46. The SMILES string of the molecule is COC(=O)c1ccc(C=CC(=O)NCc2ncc(-c3ccccc3)o2)cc1. The number of aromatic nitrogens is 1. The molecule has 136 valence electrons. The van der Waals surface area contributed by atoms with Crippen LogP contribution in [0.25, 0.3) is 17.4 Å². The molecule has 0 saturated carbocycles. The highest BCUT2D eigenvalue weighted by Crippen LogP contribution is 2.19. The first-order valence-corrected chi connectivity index (χ1v) is 8.30. The highest BCUT2D eigenvalue weighted by Gasteiger charge is 2.07. The van der Waals surface area contributed by atoms with Gasteiger partial charge < -0.3 is 14.5 Å². The van der Waals surface area contributed by atoms with Crippen LogP contribution in [0.4, 0.5) is 0 Å². The monoisotopic (exact) mass is 362 g/mol. The van der Waals surface area contributed by atoms with Crippen LogP contribution >= 0.6 is 0 Å². The molecule has 3 aromatic rings. The van der Waals surface area contributed by atoms with Crippen molar-refractivity contribution in [3.63, 3.8) is 0 Å². The Balaban J connectivity index is 1.53. The first-order valence-electron chi connectivity index (χ1n) is 8.30. The number of esters is 1. The fourth-order valence-corrected chi connectivity index (χ4v) is 2.37. The summed E-state index contributed by atoms with van der Waals surface area (Å²) in [6.07, 6.45) is 4.70. The number of hydrogen-bond acceptors (Lipinski definition) is 5. The van der Waals surface area contributed by atoms with Crippen LogP contribution < -0.4 is 5.32 Å². The number of methoxy groups -OCH3 is 1. The van der Waals surface area contributed by atoms with E-state index in [0.717, 1.165) is 11.1 Å². The molecule has 0 spiro atoms. The fraction of sp³-hybridized carbons (Fsp3) is 0.0952. The minimum atomic E-state index is -0.399. The average Bonchev–Trinajstić information content (AvgIpc) is 3.20. The van der Waals surface area contributed by atoms with E-state index in [1.54, 1.807) is 36.5 Å². The number of ether oxygens (including phenoxy) is 1. The van der Waals surface area contributed by atoms with Crippen molar-refractivity contribution in [3.8, 4) is 11.3 Å². The number of carbonyl (C=O) groups excluding carboxylic acids is 2. The Morgan fingerprint density at radius 1 is 1.11 bits per heavy atom. The third-order valence-corrected chi connectivity index (χ3v) is 3.78. The molecule has 6 nitrogen and oxygen atoms in total. The Morgan fingerprint density at radius 2 is 1.85 bits per heavy atom. The molecule has 1 amide bonds. The number of nitrogens with zero attached hydrogens (tertiary/aromatic N) is 1. The molecule has 1 heterocycles. The number of hydrogen-bond donors (Lipinski definition) is 1. The van der Waals surface area contributed by atoms with Gasteiger partial charge in [-0.05, 0) is 23.8 Å². The normalized spacial score (nSPS) is 10.7. The zero-order valence-electron chi connectivity index (χ0n) is 14.7. The van der Waals surface area contributed by atoms with Crippen molar-refractivity contribution >= 4 is 18.0 Å². The van der Waals surface area contributed by atoms with Crippen LogP contribution in [0, 0.1) is 0 Å². The smallest absolute Gasteiger partial charge is 0.337 e. The summed E-state index contributed by atoms with van der Waals surface area (Å²) in [5.41, 5.74) is 2.18. The highest BCUT2D eigenvalue weighted by molar-refractivity contribution is 5.92. The van der Waals surface area contributed by atoms with Crippen LogP contribution in [-0.4, -0.2) is 24.0 Å². The molecule has 0 atom stereocenters. The van der Waals surface area contributed by atoms with Crippen molar-refractivity contribution in [2.45, 2.75) is 6.54 Å². The summed E-state index contributed by atoms with van der Waals surface area (Å²) in [7, 11) is 1.33. The van der Waals surface area contributed by atoms with E-state index in [9.17, 15) is 9.59 Å². The molecule has 0 aliphatic rings. The second kappa shape index (κ2) is 8.62. The minimum absolute atomic E-state index is 0.192. The van der Waals surface area contributed by atoms with Crippen molar-refractivity contribution in [2.75, 3.05) is 7.11 Å². The molecule has 27 heavy (non-hydrogen) atoms. The van der Waals surface area contributed by atoms with Crippen molar-refractivity contribution in [2.24, 2.45) is 0 Å². The molecule has 1 aromatic heterocycles. The number of benzene rings is 2. The Morgan fingerprint density at radius 3 is 2.56 bits per heavy atom. The Hall–Kier alpha value is -3.67. The molecule has 2 aromatic carbocycles. The summed E-state index contributed by atoms with van der Waals surface area (Å²) < 4.78 is 10.3. The topological polar surface area (TPSA) is 81.4 Å². The highest BCUT2D eigenvalue weighted by atomic mass is 16.5. The summed E-state index contributed by atoms with van der Waals surface area (Å²) in [5.74, 6) is 0.412. The molecule has 0 saturated heterocycles. The van der Waals surface area contributed by atoms with Gasteiger partial charge in [0.1, 0.15) is 0 Å². The molecule has 0 aliphatic carbocycles. The molecule has 0 radical (unpaired) electrons. The molecule has 0 unspecified atom stereocenters. The average molecular weight is 362 g/mol. The molecule has 0 aliphatic heterocycles. The van der Waals surface area contributed by atoms with Gasteiger partial charge in [0.15, 0.2) is 5.76 Å².